The molecule has 200 valence electrons. The number of carbonyl (C=O) groups is 2. The third-order valence-electron chi connectivity index (χ3n) is 7.13. The van der Waals surface area contributed by atoms with Crippen LogP contribution in [0.2, 0.25) is 0 Å². The average molecular weight is 545 g/mol. The van der Waals surface area contributed by atoms with Crippen molar-refractivity contribution in [3.8, 4) is 6.07 Å². The fraction of sp³-hybridized carbons (Fsp3) is 0.593. The van der Waals surface area contributed by atoms with E-state index in [0.29, 0.717) is 65.3 Å². The number of aromatic nitrogens is 1. The maximum atomic E-state index is 13.5. The molecule has 0 N–H and O–H groups in total. The van der Waals surface area contributed by atoms with E-state index in [1.807, 2.05) is 13.8 Å². The molecule has 1 aromatic rings. The third kappa shape index (κ3) is 5.93. The summed E-state index contributed by atoms with van der Waals surface area (Å²) in [6.45, 7) is 11.5. The minimum absolute atomic E-state index is 0.0194. The number of rotatable bonds is 9. The van der Waals surface area contributed by atoms with Crippen molar-refractivity contribution < 1.29 is 14.3 Å². The molecular formula is C27H36N4O4S2. The molecule has 37 heavy (non-hydrogen) atoms. The van der Waals surface area contributed by atoms with Gasteiger partial charge in [0.05, 0.1) is 17.4 Å². The van der Waals surface area contributed by atoms with Gasteiger partial charge in [-0.25, -0.2) is 0 Å². The molecule has 0 spiro atoms. The molecule has 2 saturated heterocycles. The molecule has 3 heterocycles. The number of piperidine rings is 1. The number of nitrogens with zero attached hydrogens (tertiary/aromatic N) is 4. The topological polar surface area (TPSA) is 95.6 Å². The lowest BCUT2D eigenvalue weighted by molar-refractivity contribution is -0.148. The Morgan fingerprint density at radius 1 is 1.27 bits per heavy atom. The molecule has 1 unspecified atom stereocenters. The maximum Gasteiger partial charge on any atom is 0.309 e. The Bertz CT molecular complexity index is 1190. The first-order valence-electron chi connectivity index (χ1n) is 13.1. The van der Waals surface area contributed by atoms with E-state index >= 15 is 0 Å². The van der Waals surface area contributed by atoms with Gasteiger partial charge in [0.1, 0.15) is 21.8 Å². The van der Waals surface area contributed by atoms with Gasteiger partial charge < -0.3 is 9.64 Å². The number of nitriles is 1. The SMILES string of the molecule is CCCCn1c(N2CCC(C(=O)OCC)CC2)c(/C=C2/SC(=S)N(C(C)CC)C2=O)c(C)c(C#N)c1=O. The highest BCUT2D eigenvalue weighted by Crippen LogP contribution is 2.38. The molecule has 10 heteroatoms. The van der Waals surface area contributed by atoms with Gasteiger partial charge in [-0.15, -0.1) is 0 Å². The summed E-state index contributed by atoms with van der Waals surface area (Å²) in [5, 5.41) is 9.87. The number of hydrogen-bond donors (Lipinski definition) is 0. The van der Waals surface area contributed by atoms with Gasteiger partial charge >= 0.3 is 5.97 Å². The fourth-order valence-electron chi connectivity index (χ4n) is 4.77. The summed E-state index contributed by atoms with van der Waals surface area (Å²) >= 11 is 6.78. The summed E-state index contributed by atoms with van der Waals surface area (Å²) in [6, 6.07) is 2.08. The Morgan fingerprint density at radius 2 is 1.95 bits per heavy atom. The van der Waals surface area contributed by atoms with Crippen molar-refractivity contribution in [3.63, 3.8) is 0 Å². The number of hydrogen-bond acceptors (Lipinski definition) is 8. The summed E-state index contributed by atoms with van der Waals surface area (Å²) in [5.74, 6) is 0.184. The molecule has 0 bridgehead atoms. The highest BCUT2D eigenvalue weighted by molar-refractivity contribution is 8.26. The normalized spacial score (nSPS) is 18.4. The van der Waals surface area contributed by atoms with Crippen LogP contribution < -0.4 is 10.5 Å². The van der Waals surface area contributed by atoms with Gasteiger partial charge in [-0.2, -0.15) is 5.26 Å². The van der Waals surface area contributed by atoms with Gasteiger partial charge in [0.15, 0.2) is 0 Å². The second kappa shape index (κ2) is 12.7. The average Bonchev–Trinajstić information content (AvgIpc) is 3.17. The zero-order valence-corrected chi connectivity index (χ0v) is 24.0. The number of carbonyl (C=O) groups excluding carboxylic acids is 2. The molecule has 2 aliphatic rings. The van der Waals surface area contributed by atoms with E-state index in [0.717, 1.165) is 19.3 Å². The predicted octanol–water partition coefficient (Wildman–Crippen LogP) is 4.61. The van der Waals surface area contributed by atoms with Crippen LogP contribution in [0.4, 0.5) is 5.82 Å². The van der Waals surface area contributed by atoms with Gasteiger partial charge in [-0.05, 0) is 58.1 Å². The van der Waals surface area contributed by atoms with E-state index in [1.165, 1.54) is 11.8 Å². The summed E-state index contributed by atoms with van der Waals surface area (Å²) in [4.78, 5) is 43.3. The largest absolute Gasteiger partial charge is 0.466 e. The van der Waals surface area contributed by atoms with Crippen LogP contribution in [0.5, 0.6) is 0 Å². The van der Waals surface area contributed by atoms with Gasteiger partial charge in [0.2, 0.25) is 0 Å². The lowest BCUT2D eigenvalue weighted by atomic mass is 9.95. The minimum Gasteiger partial charge on any atom is -0.466 e. The van der Waals surface area contributed by atoms with Crippen LogP contribution in [0.1, 0.15) is 76.5 Å². The number of anilines is 1. The Balaban J connectivity index is 2.14. The molecule has 1 aromatic heterocycles. The second-order valence-corrected chi connectivity index (χ2v) is 11.2. The zero-order chi connectivity index (χ0) is 27.3. The number of unbranched alkanes of at least 4 members (excludes halogenated alkanes) is 1. The van der Waals surface area contributed by atoms with Crippen LogP contribution in [0, 0.1) is 24.2 Å². The quantitative estimate of drug-likeness (QED) is 0.253. The molecule has 3 rings (SSSR count). The van der Waals surface area contributed by atoms with Gasteiger partial charge in [-0.3, -0.25) is 23.9 Å². The molecule has 8 nitrogen and oxygen atoms in total. The molecule has 0 radical (unpaired) electrons. The van der Waals surface area contributed by atoms with E-state index in [1.54, 1.807) is 29.4 Å². The summed E-state index contributed by atoms with van der Waals surface area (Å²) in [7, 11) is 0. The Kier molecular flexibility index (Phi) is 9.96. The first-order chi connectivity index (χ1) is 17.7. The van der Waals surface area contributed by atoms with Crippen LogP contribution in [0.25, 0.3) is 6.08 Å². The lowest BCUT2D eigenvalue weighted by Gasteiger charge is -2.35. The smallest absolute Gasteiger partial charge is 0.309 e. The molecule has 2 aliphatic heterocycles. The van der Waals surface area contributed by atoms with Crippen LogP contribution in [0.15, 0.2) is 9.70 Å². The number of thiocarbonyl (C=S) groups is 1. The van der Waals surface area contributed by atoms with E-state index in [2.05, 4.69) is 17.9 Å². The predicted molar refractivity (Wildman–Crippen MR) is 151 cm³/mol. The van der Waals surface area contributed by atoms with Crippen molar-refractivity contribution in [3.05, 3.63) is 31.9 Å². The summed E-state index contributed by atoms with van der Waals surface area (Å²) < 4.78 is 7.42. The van der Waals surface area contributed by atoms with Crippen molar-refractivity contribution in [1.29, 1.82) is 5.26 Å². The number of esters is 1. The van der Waals surface area contributed by atoms with Crippen molar-refractivity contribution in [2.75, 3.05) is 24.6 Å². The molecule has 1 atom stereocenters. The molecular weight excluding hydrogens is 508 g/mol. The molecule has 1 amide bonds. The van der Waals surface area contributed by atoms with E-state index in [9.17, 15) is 19.6 Å². The highest BCUT2D eigenvalue weighted by Gasteiger charge is 2.36. The first kappa shape index (κ1) is 28.9. The van der Waals surface area contributed by atoms with Crippen molar-refractivity contribution >= 4 is 52.1 Å². The lowest BCUT2D eigenvalue weighted by Crippen LogP contribution is -2.41. The minimum atomic E-state index is -0.319. The van der Waals surface area contributed by atoms with Crippen LogP contribution >= 0.6 is 24.0 Å². The number of amides is 1. The van der Waals surface area contributed by atoms with Crippen molar-refractivity contribution in [2.24, 2.45) is 5.92 Å². The van der Waals surface area contributed by atoms with Crippen molar-refractivity contribution in [2.45, 2.75) is 79.3 Å². The monoisotopic (exact) mass is 544 g/mol. The number of ether oxygens (including phenoxy) is 1. The van der Waals surface area contributed by atoms with Crippen LogP contribution in [0.3, 0.4) is 0 Å². The van der Waals surface area contributed by atoms with Crippen LogP contribution in [-0.2, 0) is 20.9 Å². The van der Waals surface area contributed by atoms with E-state index in [4.69, 9.17) is 17.0 Å². The first-order valence-corrected chi connectivity index (χ1v) is 14.3. The standard InChI is InChI=1S/C27H36N4O4S2/c1-6-9-12-30-23(29-13-10-19(11-14-29)26(34)35-8-3)20(18(5)21(16-28)24(30)32)15-22-25(33)31(17(4)7-2)27(36)37-22/h15,17,19H,6-14H2,1-5H3/b22-15+. The highest BCUT2D eigenvalue weighted by atomic mass is 32.2. The number of thioether (sulfide) groups is 1. The molecule has 0 aliphatic carbocycles. The summed E-state index contributed by atoms with van der Waals surface area (Å²) in [6.07, 6.45) is 5.45. The van der Waals surface area contributed by atoms with Crippen LogP contribution in [-0.4, -0.2) is 51.4 Å². The molecule has 0 saturated carbocycles. The number of pyridine rings is 1. The van der Waals surface area contributed by atoms with Crippen molar-refractivity contribution in [1.82, 2.24) is 9.47 Å². The maximum absolute atomic E-state index is 13.5. The Hall–Kier alpha value is -2.64. The Morgan fingerprint density at radius 3 is 2.51 bits per heavy atom. The van der Waals surface area contributed by atoms with E-state index < -0.39 is 0 Å². The van der Waals surface area contributed by atoms with Gasteiger partial charge in [0.25, 0.3) is 11.5 Å². The third-order valence-corrected chi connectivity index (χ3v) is 8.46. The fourth-order valence-corrected chi connectivity index (χ4v) is 6.21. The second-order valence-electron chi connectivity index (χ2n) is 9.48. The van der Waals surface area contributed by atoms with E-state index in [-0.39, 0.29) is 35.0 Å². The summed E-state index contributed by atoms with van der Waals surface area (Å²) in [5.41, 5.74) is 1.01. The van der Waals surface area contributed by atoms with Gasteiger partial charge in [0, 0.05) is 31.2 Å². The zero-order valence-electron chi connectivity index (χ0n) is 22.3. The van der Waals surface area contributed by atoms with Gasteiger partial charge in [-0.1, -0.05) is 44.2 Å². The molecule has 0 aromatic carbocycles. The Labute approximate surface area is 228 Å². The molecule has 2 fully saturated rings.